The number of aromatic nitrogens is 1. The van der Waals surface area contributed by atoms with Crippen LogP contribution in [0.5, 0.6) is 0 Å². The van der Waals surface area contributed by atoms with E-state index in [4.69, 9.17) is 6.42 Å². The molecule has 1 unspecified atom stereocenters. The second-order valence-electron chi connectivity index (χ2n) is 2.89. The minimum atomic E-state index is 0.171. The lowest BCUT2D eigenvalue weighted by Crippen LogP contribution is -2.25. The Morgan fingerprint density at radius 1 is 1.77 bits per heavy atom. The summed E-state index contributed by atoms with van der Waals surface area (Å²) in [7, 11) is 0. The van der Waals surface area contributed by atoms with Crippen LogP contribution in [0.1, 0.15) is 24.0 Å². The maximum atomic E-state index is 5.32. The number of nitrogens with zero attached hydrogens (tertiary/aromatic N) is 1. The van der Waals surface area contributed by atoms with Crippen LogP contribution < -0.4 is 5.32 Å². The lowest BCUT2D eigenvalue weighted by Gasteiger charge is -2.07. The minimum Gasteiger partial charge on any atom is -0.297 e. The Labute approximate surface area is 83.4 Å². The average molecular weight is 194 g/mol. The maximum Gasteiger partial charge on any atom is 0.107 e. The molecular formula is C10H14N2S. The quantitative estimate of drug-likeness (QED) is 0.741. The Hall–Kier alpha value is -0.850. The molecule has 0 fully saturated rings. The van der Waals surface area contributed by atoms with E-state index >= 15 is 0 Å². The summed E-state index contributed by atoms with van der Waals surface area (Å²) in [5.74, 6) is 2.69. The zero-order chi connectivity index (χ0) is 9.68. The van der Waals surface area contributed by atoms with Crippen molar-refractivity contribution in [2.24, 2.45) is 0 Å². The second-order valence-corrected chi connectivity index (χ2v) is 3.83. The highest BCUT2D eigenvalue weighted by atomic mass is 32.1. The van der Waals surface area contributed by atoms with Crippen LogP contribution in [0.4, 0.5) is 0 Å². The van der Waals surface area contributed by atoms with Crippen molar-refractivity contribution < 1.29 is 0 Å². The highest BCUT2D eigenvalue weighted by Gasteiger charge is 2.02. The van der Waals surface area contributed by atoms with E-state index in [1.807, 2.05) is 12.3 Å². The minimum absolute atomic E-state index is 0.171. The topological polar surface area (TPSA) is 24.9 Å². The first-order valence-corrected chi connectivity index (χ1v) is 5.24. The van der Waals surface area contributed by atoms with Gasteiger partial charge >= 0.3 is 0 Å². The van der Waals surface area contributed by atoms with Gasteiger partial charge in [0, 0.05) is 17.6 Å². The van der Waals surface area contributed by atoms with E-state index in [1.54, 1.807) is 11.3 Å². The first-order chi connectivity index (χ1) is 6.26. The predicted molar refractivity (Wildman–Crippen MR) is 56.6 cm³/mol. The number of rotatable bonds is 4. The third kappa shape index (κ3) is 3.17. The molecule has 2 nitrogen and oxygen atoms in total. The van der Waals surface area contributed by atoms with Gasteiger partial charge in [-0.3, -0.25) is 5.32 Å². The normalized spacial score (nSPS) is 12.4. The van der Waals surface area contributed by atoms with Gasteiger partial charge in [-0.15, -0.1) is 17.8 Å². The van der Waals surface area contributed by atoms with Gasteiger partial charge < -0.3 is 0 Å². The molecular weight excluding hydrogens is 180 g/mol. The summed E-state index contributed by atoms with van der Waals surface area (Å²) >= 11 is 1.67. The molecule has 0 aliphatic carbocycles. The van der Waals surface area contributed by atoms with Crippen LogP contribution in [0.15, 0.2) is 5.38 Å². The van der Waals surface area contributed by atoms with E-state index in [0.29, 0.717) is 0 Å². The molecule has 1 rings (SSSR count). The van der Waals surface area contributed by atoms with Gasteiger partial charge in [-0.05, 0) is 13.3 Å². The molecule has 0 saturated carbocycles. The first kappa shape index (κ1) is 10.2. The van der Waals surface area contributed by atoms with Gasteiger partial charge in [0.25, 0.3) is 0 Å². The largest absolute Gasteiger partial charge is 0.297 e. The van der Waals surface area contributed by atoms with Crippen LogP contribution in [0.2, 0.25) is 0 Å². The molecule has 1 N–H and O–H groups in total. The zero-order valence-corrected chi connectivity index (χ0v) is 8.82. The Morgan fingerprint density at radius 2 is 2.54 bits per heavy atom. The van der Waals surface area contributed by atoms with E-state index in [2.05, 4.69) is 23.1 Å². The Balaban J connectivity index is 2.39. The van der Waals surface area contributed by atoms with Crippen LogP contribution in [0.25, 0.3) is 0 Å². The van der Waals surface area contributed by atoms with Gasteiger partial charge in [0.05, 0.1) is 6.04 Å². The molecule has 0 bridgehead atoms. The van der Waals surface area contributed by atoms with Crippen LogP contribution in [0.3, 0.4) is 0 Å². The summed E-state index contributed by atoms with van der Waals surface area (Å²) in [6.07, 6.45) is 6.28. The van der Waals surface area contributed by atoms with Crippen LogP contribution in [0, 0.1) is 19.3 Å². The molecule has 3 heteroatoms. The monoisotopic (exact) mass is 194 g/mol. The smallest absolute Gasteiger partial charge is 0.107 e. The van der Waals surface area contributed by atoms with Crippen molar-refractivity contribution in [2.45, 2.75) is 32.9 Å². The maximum absolute atomic E-state index is 5.32. The van der Waals surface area contributed by atoms with Gasteiger partial charge in [-0.25, -0.2) is 4.98 Å². The molecule has 1 aromatic heterocycles. The number of nitrogens with one attached hydrogen (secondary N) is 1. The first-order valence-electron chi connectivity index (χ1n) is 4.36. The zero-order valence-electron chi connectivity index (χ0n) is 8.00. The average Bonchev–Trinajstić information content (AvgIpc) is 2.53. The van der Waals surface area contributed by atoms with Crippen molar-refractivity contribution in [3.05, 3.63) is 16.1 Å². The molecule has 0 amide bonds. The van der Waals surface area contributed by atoms with Gasteiger partial charge in [0.2, 0.25) is 0 Å². The Kier molecular flexibility index (Phi) is 3.94. The molecule has 0 aliphatic rings. The van der Waals surface area contributed by atoms with Crippen molar-refractivity contribution in [3.8, 4) is 12.3 Å². The third-order valence-electron chi connectivity index (χ3n) is 1.78. The molecule has 13 heavy (non-hydrogen) atoms. The highest BCUT2D eigenvalue weighted by molar-refractivity contribution is 7.09. The predicted octanol–water partition coefficient (Wildman–Crippen LogP) is 1.95. The summed E-state index contributed by atoms with van der Waals surface area (Å²) in [5.41, 5.74) is 1.08. The van der Waals surface area contributed by atoms with Crippen molar-refractivity contribution in [1.29, 1.82) is 0 Å². The van der Waals surface area contributed by atoms with Gasteiger partial charge in [-0.2, -0.15) is 0 Å². The SMILES string of the molecule is C#CC(CC)NCc1nc(C)cs1. The number of aryl methyl sites for hydroxylation is 1. The Morgan fingerprint density at radius 3 is 3.00 bits per heavy atom. The molecule has 1 atom stereocenters. The molecule has 0 saturated heterocycles. The molecule has 0 aliphatic heterocycles. The number of thiazole rings is 1. The molecule has 1 aromatic rings. The van der Waals surface area contributed by atoms with Gasteiger partial charge in [0.1, 0.15) is 5.01 Å². The molecule has 0 spiro atoms. The summed E-state index contributed by atoms with van der Waals surface area (Å²) in [4.78, 5) is 4.34. The molecule has 0 radical (unpaired) electrons. The van der Waals surface area contributed by atoms with Gasteiger partial charge in [0.15, 0.2) is 0 Å². The number of terminal acetylenes is 1. The highest BCUT2D eigenvalue weighted by Crippen LogP contribution is 2.08. The lowest BCUT2D eigenvalue weighted by atomic mass is 10.2. The van der Waals surface area contributed by atoms with E-state index < -0.39 is 0 Å². The standard InChI is InChI=1S/C10H14N2S/c1-4-9(5-2)11-6-10-12-8(3)7-13-10/h1,7,9,11H,5-6H2,2-3H3. The van der Waals surface area contributed by atoms with Gasteiger partial charge in [-0.1, -0.05) is 12.8 Å². The van der Waals surface area contributed by atoms with E-state index in [0.717, 1.165) is 23.7 Å². The summed E-state index contributed by atoms with van der Waals surface area (Å²) < 4.78 is 0. The van der Waals surface area contributed by atoms with Crippen LogP contribution >= 0.6 is 11.3 Å². The van der Waals surface area contributed by atoms with Crippen molar-refractivity contribution in [1.82, 2.24) is 10.3 Å². The van der Waals surface area contributed by atoms with E-state index in [9.17, 15) is 0 Å². The fraction of sp³-hybridized carbons (Fsp3) is 0.500. The van der Waals surface area contributed by atoms with Crippen molar-refractivity contribution >= 4 is 11.3 Å². The van der Waals surface area contributed by atoms with Crippen molar-refractivity contribution in [2.75, 3.05) is 0 Å². The summed E-state index contributed by atoms with van der Waals surface area (Å²) in [6, 6.07) is 0.171. The Bertz CT molecular complexity index is 298. The number of hydrogen-bond acceptors (Lipinski definition) is 3. The molecule has 1 heterocycles. The molecule has 70 valence electrons. The van der Waals surface area contributed by atoms with Crippen molar-refractivity contribution in [3.63, 3.8) is 0 Å². The lowest BCUT2D eigenvalue weighted by molar-refractivity contribution is 0.590. The third-order valence-corrected chi connectivity index (χ3v) is 2.74. The van der Waals surface area contributed by atoms with E-state index in [-0.39, 0.29) is 6.04 Å². The van der Waals surface area contributed by atoms with Crippen LogP contribution in [-0.4, -0.2) is 11.0 Å². The fourth-order valence-corrected chi connectivity index (χ4v) is 1.74. The summed E-state index contributed by atoms with van der Waals surface area (Å²) in [5, 5.41) is 6.41. The fourth-order valence-electron chi connectivity index (χ4n) is 1.02. The molecule has 0 aromatic carbocycles. The van der Waals surface area contributed by atoms with Crippen LogP contribution in [-0.2, 0) is 6.54 Å². The second kappa shape index (κ2) is 5.00. The summed E-state index contributed by atoms with van der Waals surface area (Å²) in [6.45, 7) is 4.85. The van der Waals surface area contributed by atoms with E-state index in [1.165, 1.54) is 0 Å². The number of hydrogen-bond donors (Lipinski definition) is 1.